The number of carbonyl (C=O) groups excluding carboxylic acids is 1. The number of halogens is 3. The molecular formula is C23H14Cl3NO4. The second kappa shape index (κ2) is 9.02. The first-order valence-electron chi connectivity index (χ1n) is 9.12. The summed E-state index contributed by atoms with van der Waals surface area (Å²) in [6.45, 7) is -0.445. The normalized spacial score (nSPS) is 10.8. The Kier molecular flexibility index (Phi) is 6.18. The van der Waals surface area contributed by atoms with Gasteiger partial charge in [-0.05, 0) is 42.5 Å². The molecule has 4 rings (SSSR count). The Morgan fingerprint density at radius 3 is 2.39 bits per heavy atom. The quantitative estimate of drug-likeness (QED) is 0.361. The van der Waals surface area contributed by atoms with E-state index in [0.717, 1.165) is 0 Å². The molecule has 156 valence electrons. The third-order valence-electron chi connectivity index (χ3n) is 4.42. The van der Waals surface area contributed by atoms with Gasteiger partial charge in [-0.1, -0.05) is 59.1 Å². The summed E-state index contributed by atoms with van der Waals surface area (Å²) in [5, 5.41) is 3.98. The first-order chi connectivity index (χ1) is 14.9. The molecule has 0 atom stereocenters. The molecule has 0 aliphatic heterocycles. The third kappa shape index (κ3) is 4.54. The summed E-state index contributed by atoms with van der Waals surface area (Å²) < 4.78 is 11.6. The summed E-state index contributed by atoms with van der Waals surface area (Å²) in [5.74, 6) is -0.517. The minimum absolute atomic E-state index is 0.121. The third-order valence-corrected chi connectivity index (χ3v) is 5.32. The standard InChI is InChI=1S/C23H14Cl3NO4/c24-13-9-10-19-15(11-13)21(29)23(22(31-19)14-5-1-2-6-16(14)25)30-12-20(28)27-18-8-4-3-7-17(18)26/h1-11H,12H2,(H,27,28). The van der Waals surface area contributed by atoms with E-state index in [0.29, 0.717) is 31.9 Å². The van der Waals surface area contributed by atoms with E-state index >= 15 is 0 Å². The molecule has 4 aromatic rings. The van der Waals surface area contributed by atoms with Gasteiger partial charge in [-0.25, -0.2) is 0 Å². The van der Waals surface area contributed by atoms with Crippen LogP contribution in [0.25, 0.3) is 22.3 Å². The van der Waals surface area contributed by atoms with Crippen molar-refractivity contribution in [3.05, 3.63) is 92.0 Å². The SMILES string of the molecule is O=C(COc1c(-c2ccccc2Cl)oc2ccc(Cl)cc2c1=O)Nc1ccccc1Cl. The predicted octanol–water partition coefficient (Wildman–Crippen LogP) is 6.44. The van der Waals surface area contributed by atoms with Crippen LogP contribution in [0.4, 0.5) is 5.69 Å². The number of amides is 1. The number of fused-ring (bicyclic) bond motifs is 1. The van der Waals surface area contributed by atoms with E-state index in [9.17, 15) is 9.59 Å². The van der Waals surface area contributed by atoms with Crippen LogP contribution in [0, 0.1) is 0 Å². The van der Waals surface area contributed by atoms with Gasteiger partial charge >= 0.3 is 0 Å². The van der Waals surface area contributed by atoms with E-state index in [-0.39, 0.29) is 16.9 Å². The molecule has 1 amide bonds. The number of ether oxygens (including phenoxy) is 1. The molecule has 31 heavy (non-hydrogen) atoms. The number of rotatable bonds is 5. The molecule has 0 unspecified atom stereocenters. The highest BCUT2D eigenvalue weighted by atomic mass is 35.5. The average molecular weight is 475 g/mol. The summed E-state index contributed by atoms with van der Waals surface area (Å²) in [5.41, 5.74) is 0.738. The number of hydrogen-bond donors (Lipinski definition) is 1. The van der Waals surface area contributed by atoms with Crippen LogP contribution in [0.2, 0.25) is 15.1 Å². The van der Waals surface area contributed by atoms with Gasteiger partial charge in [-0.2, -0.15) is 0 Å². The lowest BCUT2D eigenvalue weighted by atomic mass is 10.1. The lowest BCUT2D eigenvalue weighted by molar-refractivity contribution is -0.118. The Morgan fingerprint density at radius 1 is 0.935 bits per heavy atom. The fourth-order valence-electron chi connectivity index (χ4n) is 2.99. The van der Waals surface area contributed by atoms with Crippen molar-refractivity contribution in [2.24, 2.45) is 0 Å². The fraction of sp³-hybridized carbons (Fsp3) is 0.0435. The summed E-state index contributed by atoms with van der Waals surface area (Å²) in [6, 6.07) is 18.3. The van der Waals surface area contributed by atoms with Crippen LogP contribution in [0.5, 0.6) is 5.75 Å². The van der Waals surface area contributed by atoms with Gasteiger partial charge in [0.1, 0.15) is 5.58 Å². The van der Waals surface area contributed by atoms with Crippen molar-refractivity contribution in [1.29, 1.82) is 0 Å². The van der Waals surface area contributed by atoms with Crippen molar-refractivity contribution in [2.45, 2.75) is 0 Å². The van der Waals surface area contributed by atoms with Gasteiger partial charge in [-0.3, -0.25) is 9.59 Å². The Balaban J connectivity index is 1.73. The number of benzene rings is 3. The van der Waals surface area contributed by atoms with Gasteiger partial charge in [0.25, 0.3) is 5.91 Å². The Hall–Kier alpha value is -2.99. The van der Waals surface area contributed by atoms with Crippen LogP contribution in [0.15, 0.2) is 75.9 Å². The van der Waals surface area contributed by atoms with Crippen molar-refractivity contribution in [2.75, 3.05) is 11.9 Å². The lowest BCUT2D eigenvalue weighted by Gasteiger charge is -2.13. The number of para-hydroxylation sites is 1. The van der Waals surface area contributed by atoms with Crippen LogP contribution < -0.4 is 15.5 Å². The highest BCUT2D eigenvalue weighted by molar-refractivity contribution is 6.34. The average Bonchev–Trinajstić information content (AvgIpc) is 2.75. The largest absolute Gasteiger partial charge is 0.476 e. The molecule has 1 aromatic heterocycles. The molecule has 0 fully saturated rings. The zero-order valence-electron chi connectivity index (χ0n) is 15.8. The molecule has 8 heteroatoms. The number of nitrogens with one attached hydrogen (secondary N) is 1. The Bertz CT molecular complexity index is 1350. The molecule has 3 aromatic carbocycles. The van der Waals surface area contributed by atoms with Crippen LogP contribution in [-0.4, -0.2) is 12.5 Å². The molecular weight excluding hydrogens is 461 g/mol. The van der Waals surface area contributed by atoms with E-state index in [1.165, 1.54) is 6.07 Å². The van der Waals surface area contributed by atoms with Gasteiger partial charge in [0.05, 0.1) is 21.1 Å². The molecule has 1 N–H and O–H groups in total. The van der Waals surface area contributed by atoms with Gasteiger partial charge in [0, 0.05) is 10.6 Å². The van der Waals surface area contributed by atoms with E-state index in [1.54, 1.807) is 60.7 Å². The van der Waals surface area contributed by atoms with Crippen LogP contribution >= 0.6 is 34.8 Å². The predicted molar refractivity (Wildman–Crippen MR) is 124 cm³/mol. The monoisotopic (exact) mass is 473 g/mol. The van der Waals surface area contributed by atoms with E-state index in [2.05, 4.69) is 5.32 Å². The van der Waals surface area contributed by atoms with Crippen molar-refractivity contribution >= 4 is 57.4 Å². The fourth-order valence-corrected chi connectivity index (χ4v) is 3.57. The minimum atomic E-state index is -0.496. The van der Waals surface area contributed by atoms with E-state index in [1.807, 2.05) is 0 Å². The van der Waals surface area contributed by atoms with E-state index in [4.69, 9.17) is 44.0 Å². The maximum absolute atomic E-state index is 13.2. The summed E-state index contributed by atoms with van der Waals surface area (Å²) in [7, 11) is 0. The van der Waals surface area contributed by atoms with Gasteiger partial charge in [0.2, 0.25) is 11.2 Å². The molecule has 5 nitrogen and oxygen atoms in total. The molecule has 0 radical (unpaired) electrons. The van der Waals surface area contributed by atoms with E-state index < -0.39 is 17.9 Å². The number of hydrogen-bond acceptors (Lipinski definition) is 4. The maximum Gasteiger partial charge on any atom is 0.262 e. The summed E-state index contributed by atoms with van der Waals surface area (Å²) in [6.07, 6.45) is 0. The smallest absolute Gasteiger partial charge is 0.262 e. The second-order valence-corrected chi connectivity index (χ2v) is 7.78. The first kappa shape index (κ1) is 21.2. The van der Waals surface area contributed by atoms with Crippen molar-refractivity contribution in [3.8, 4) is 17.1 Å². The molecule has 0 aliphatic rings. The highest BCUT2D eigenvalue weighted by Gasteiger charge is 2.21. The van der Waals surface area contributed by atoms with Crippen molar-refractivity contribution in [3.63, 3.8) is 0 Å². The molecule has 0 saturated carbocycles. The molecule has 0 spiro atoms. The van der Waals surface area contributed by atoms with Gasteiger partial charge in [0.15, 0.2) is 12.4 Å². The summed E-state index contributed by atoms with van der Waals surface area (Å²) in [4.78, 5) is 25.6. The Morgan fingerprint density at radius 2 is 1.65 bits per heavy atom. The number of anilines is 1. The summed E-state index contributed by atoms with van der Waals surface area (Å²) >= 11 is 18.4. The van der Waals surface area contributed by atoms with Crippen LogP contribution in [0.1, 0.15) is 0 Å². The second-order valence-electron chi connectivity index (χ2n) is 6.53. The van der Waals surface area contributed by atoms with Gasteiger partial charge < -0.3 is 14.5 Å². The van der Waals surface area contributed by atoms with Crippen LogP contribution in [0.3, 0.4) is 0 Å². The first-order valence-corrected chi connectivity index (χ1v) is 10.3. The zero-order chi connectivity index (χ0) is 22.0. The maximum atomic E-state index is 13.2. The van der Waals surface area contributed by atoms with Crippen LogP contribution in [-0.2, 0) is 4.79 Å². The zero-order valence-corrected chi connectivity index (χ0v) is 18.1. The topological polar surface area (TPSA) is 68.5 Å². The lowest BCUT2D eigenvalue weighted by Crippen LogP contribution is -2.22. The molecule has 0 saturated heterocycles. The molecule has 0 bridgehead atoms. The van der Waals surface area contributed by atoms with Gasteiger partial charge in [-0.15, -0.1) is 0 Å². The molecule has 1 heterocycles. The number of carbonyl (C=O) groups is 1. The van der Waals surface area contributed by atoms with Crippen molar-refractivity contribution < 1.29 is 13.9 Å². The minimum Gasteiger partial charge on any atom is -0.476 e. The Labute approximate surface area is 192 Å². The van der Waals surface area contributed by atoms with Crippen molar-refractivity contribution in [1.82, 2.24) is 0 Å². The molecule has 0 aliphatic carbocycles. The highest BCUT2D eigenvalue weighted by Crippen LogP contribution is 2.35.